The zero-order valence-electron chi connectivity index (χ0n) is 16.1. The molecular formula is C19H26N6O2S. The molecule has 2 aromatic heterocycles. The first-order chi connectivity index (χ1) is 13.7. The average molecular weight is 403 g/mol. The van der Waals surface area contributed by atoms with Gasteiger partial charge in [0.05, 0.1) is 24.8 Å². The Morgan fingerprint density at radius 3 is 2.75 bits per heavy atom. The molecule has 0 aliphatic carbocycles. The number of aromatic nitrogens is 4. The summed E-state index contributed by atoms with van der Waals surface area (Å²) in [5, 5.41) is 8.32. The number of thioether (sulfide) groups is 1. The number of ether oxygens (including phenoxy) is 1. The van der Waals surface area contributed by atoms with E-state index in [-0.39, 0.29) is 11.8 Å². The Morgan fingerprint density at radius 2 is 2.07 bits per heavy atom. The van der Waals surface area contributed by atoms with E-state index in [2.05, 4.69) is 25.3 Å². The van der Waals surface area contributed by atoms with Gasteiger partial charge in [0, 0.05) is 50.3 Å². The van der Waals surface area contributed by atoms with E-state index in [0.29, 0.717) is 19.3 Å². The van der Waals surface area contributed by atoms with Crippen molar-refractivity contribution in [1.82, 2.24) is 24.6 Å². The predicted molar refractivity (Wildman–Crippen MR) is 107 cm³/mol. The molecule has 1 unspecified atom stereocenters. The summed E-state index contributed by atoms with van der Waals surface area (Å²) in [6.07, 6.45) is 10.4. The van der Waals surface area contributed by atoms with Crippen molar-refractivity contribution in [1.29, 1.82) is 0 Å². The third-order valence-corrected chi connectivity index (χ3v) is 5.97. The highest BCUT2D eigenvalue weighted by atomic mass is 32.2. The van der Waals surface area contributed by atoms with Gasteiger partial charge in [0.15, 0.2) is 5.16 Å². The normalized spacial score (nSPS) is 21.1. The van der Waals surface area contributed by atoms with Crippen LogP contribution in [0.2, 0.25) is 0 Å². The van der Waals surface area contributed by atoms with Crippen LogP contribution >= 0.6 is 11.8 Å². The number of carbonyl (C=O) groups is 1. The van der Waals surface area contributed by atoms with Gasteiger partial charge in [-0.1, -0.05) is 11.8 Å². The molecule has 1 N–H and O–H groups in total. The molecule has 2 aliphatic heterocycles. The van der Waals surface area contributed by atoms with Crippen LogP contribution in [0.1, 0.15) is 30.9 Å². The summed E-state index contributed by atoms with van der Waals surface area (Å²) in [6, 6.07) is 2.18. The molecule has 4 rings (SSSR count). The molecule has 2 fully saturated rings. The molecule has 150 valence electrons. The molecule has 8 nitrogen and oxygen atoms in total. The summed E-state index contributed by atoms with van der Waals surface area (Å²) in [7, 11) is 0. The van der Waals surface area contributed by atoms with Crippen LogP contribution in [0.25, 0.3) is 0 Å². The summed E-state index contributed by atoms with van der Waals surface area (Å²) in [5.41, 5.74) is 1.14. The lowest BCUT2D eigenvalue weighted by Crippen LogP contribution is -2.35. The highest BCUT2D eigenvalue weighted by molar-refractivity contribution is 7.98. The van der Waals surface area contributed by atoms with Crippen molar-refractivity contribution in [3.8, 4) is 0 Å². The second-order valence-corrected chi connectivity index (χ2v) is 8.07. The van der Waals surface area contributed by atoms with Gasteiger partial charge < -0.3 is 10.1 Å². The first-order valence-corrected chi connectivity index (χ1v) is 10.9. The van der Waals surface area contributed by atoms with Crippen LogP contribution in [0.4, 0.5) is 5.82 Å². The minimum Gasteiger partial charge on any atom is -0.381 e. The molecule has 0 saturated carbocycles. The van der Waals surface area contributed by atoms with Crippen LogP contribution in [0.3, 0.4) is 0 Å². The molecule has 1 amide bonds. The summed E-state index contributed by atoms with van der Waals surface area (Å²) in [5.74, 6) is 0.770. The third-order valence-electron chi connectivity index (χ3n) is 5.40. The number of likely N-dealkylation sites (tertiary alicyclic amines) is 1. The second-order valence-electron chi connectivity index (χ2n) is 7.30. The number of hydrogen-bond acceptors (Lipinski definition) is 7. The first kappa shape index (κ1) is 19.4. The molecule has 28 heavy (non-hydrogen) atoms. The van der Waals surface area contributed by atoms with Crippen LogP contribution < -0.4 is 5.32 Å². The fraction of sp³-hybridized carbons (Fsp3) is 0.579. The van der Waals surface area contributed by atoms with E-state index in [4.69, 9.17) is 4.74 Å². The van der Waals surface area contributed by atoms with Gasteiger partial charge in [-0.25, -0.2) is 14.6 Å². The fourth-order valence-corrected chi connectivity index (χ4v) is 4.10. The summed E-state index contributed by atoms with van der Waals surface area (Å²) >= 11 is 1.55. The van der Waals surface area contributed by atoms with Crippen molar-refractivity contribution in [2.45, 2.75) is 37.0 Å². The van der Waals surface area contributed by atoms with Crippen LogP contribution in [-0.4, -0.2) is 63.1 Å². The SMILES string of the molecule is CSc1ncc(CN2CCC(n3nccc3NC(=O)C3CCOC3)CC2)cn1. The van der Waals surface area contributed by atoms with E-state index in [9.17, 15) is 4.79 Å². The van der Waals surface area contributed by atoms with Crippen molar-refractivity contribution in [2.75, 3.05) is 37.9 Å². The topological polar surface area (TPSA) is 85.2 Å². The predicted octanol–water partition coefficient (Wildman–Crippen LogP) is 2.21. The molecule has 2 saturated heterocycles. The van der Waals surface area contributed by atoms with Gasteiger partial charge in [-0.15, -0.1) is 0 Å². The molecule has 2 aromatic rings. The summed E-state index contributed by atoms with van der Waals surface area (Å²) in [6.45, 7) is 4.02. The van der Waals surface area contributed by atoms with E-state index in [1.807, 2.05) is 29.4 Å². The maximum absolute atomic E-state index is 12.4. The minimum atomic E-state index is -0.0510. The zero-order valence-corrected chi connectivity index (χ0v) is 16.9. The third kappa shape index (κ3) is 4.53. The lowest BCUT2D eigenvalue weighted by molar-refractivity contribution is -0.119. The molecule has 0 radical (unpaired) electrons. The first-order valence-electron chi connectivity index (χ1n) is 9.72. The highest BCUT2D eigenvalue weighted by Gasteiger charge is 2.27. The second kappa shape index (κ2) is 9.02. The van der Waals surface area contributed by atoms with Gasteiger partial charge in [-0.3, -0.25) is 9.69 Å². The number of rotatable bonds is 6. The van der Waals surface area contributed by atoms with Gasteiger partial charge >= 0.3 is 0 Å². The largest absolute Gasteiger partial charge is 0.381 e. The number of amides is 1. The van der Waals surface area contributed by atoms with Gasteiger partial charge in [0.2, 0.25) is 5.91 Å². The Kier molecular flexibility index (Phi) is 6.23. The smallest absolute Gasteiger partial charge is 0.231 e. The standard InChI is InChI=1S/C19H26N6O2S/c1-28-19-20-10-14(11-21-19)12-24-7-3-16(4-8-24)25-17(2-6-22-25)23-18(26)15-5-9-27-13-15/h2,6,10-11,15-16H,3-5,7-9,12-13H2,1H3,(H,23,26). The van der Waals surface area contributed by atoms with Crippen molar-refractivity contribution in [3.63, 3.8) is 0 Å². The van der Waals surface area contributed by atoms with Gasteiger partial charge in [0.1, 0.15) is 5.82 Å². The van der Waals surface area contributed by atoms with E-state index in [1.54, 1.807) is 18.0 Å². The van der Waals surface area contributed by atoms with Crippen LogP contribution in [0.5, 0.6) is 0 Å². The molecule has 0 aromatic carbocycles. The number of carbonyl (C=O) groups excluding carboxylic acids is 1. The van der Waals surface area contributed by atoms with Crippen LogP contribution in [0.15, 0.2) is 29.8 Å². The van der Waals surface area contributed by atoms with Gasteiger partial charge in [-0.05, 0) is 25.5 Å². The molecule has 4 heterocycles. The lowest BCUT2D eigenvalue weighted by atomic mass is 10.0. The minimum absolute atomic E-state index is 0.0328. The van der Waals surface area contributed by atoms with E-state index >= 15 is 0 Å². The van der Waals surface area contributed by atoms with Crippen LogP contribution in [0, 0.1) is 5.92 Å². The van der Waals surface area contributed by atoms with E-state index < -0.39 is 0 Å². The lowest BCUT2D eigenvalue weighted by Gasteiger charge is -2.32. The average Bonchev–Trinajstić information content (AvgIpc) is 3.41. The molecule has 1 atom stereocenters. The van der Waals surface area contributed by atoms with Crippen molar-refractivity contribution >= 4 is 23.5 Å². The maximum Gasteiger partial charge on any atom is 0.231 e. The van der Waals surface area contributed by atoms with Crippen molar-refractivity contribution in [3.05, 3.63) is 30.2 Å². The van der Waals surface area contributed by atoms with Gasteiger partial charge in [0.25, 0.3) is 0 Å². The summed E-state index contributed by atoms with van der Waals surface area (Å²) < 4.78 is 7.29. The Balaban J connectivity index is 1.31. The van der Waals surface area contributed by atoms with E-state index in [1.165, 1.54) is 0 Å². The Morgan fingerprint density at radius 1 is 1.29 bits per heavy atom. The number of nitrogens with zero attached hydrogens (tertiary/aromatic N) is 5. The quantitative estimate of drug-likeness (QED) is 0.586. The molecule has 2 aliphatic rings. The monoisotopic (exact) mass is 402 g/mol. The number of piperidine rings is 1. The number of nitrogens with one attached hydrogen (secondary N) is 1. The number of anilines is 1. The van der Waals surface area contributed by atoms with Crippen molar-refractivity contribution < 1.29 is 9.53 Å². The molecule has 0 bridgehead atoms. The van der Waals surface area contributed by atoms with Crippen molar-refractivity contribution in [2.24, 2.45) is 5.92 Å². The maximum atomic E-state index is 12.4. The summed E-state index contributed by atoms with van der Waals surface area (Å²) in [4.78, 5) is 23.5. The number of hydrogen-bond donors (Lipinski definition) is 1. The van der Waals surface area contributed by atoms with Gasteiger partial charge in [-0.2, -0.15) is 5.10 Å². The zero-order chi connectivity index (χ0) is 19.3. The highest BCUT2D eigenvalue weighted by Crippen LogP contribution is 2.27. The Labute approximate surface area is 169 Å². The Bertz CT molecular complexity index is 782. The Hall–Kier alpha value is -1.97. The van der Waals surface area contributed by atoms with Crippen LogP contribution in [-0.2, 0) is 16.1 Å². The fourth-order valence-electron chi connectivity index (χ4n) is 3.78. The molecular weight excluding hydrogens is 376 g/mol. The molecule has 0 spiro atoms. The molecule has 9 heteroatoms. The van der Waals surface area contributed by atoms with E-state index in [0.717, 1.165) is 55.4 Å².